The number of nitrogens with zero attached hydrogens (tertiary/aromatic N) is 2. The lowest BCUT2D eigenvalue weighted by Crippen LogP contribution is -2.47. The number of aromatic nitrogens is 2. The predicted molar refractivity (Wildman–Crippen MR) is 56.4 cm³/mol. The molecule has 1 fully saturated rings. The fourth-order valence-corrected chi connectivity index (χ4v) is 2.20. The minimum Gasteiger partial charge on any atom is -0.382 e. The Kier molecular flexibility index (Phi) is 2.80. The summed E-state index contributed by atoms with van der Waals surface area (Å²) in [6, 6.07) is 0. The molecular weight excluding hydrogens is 192 g/mol. The van der Waals surface area contributed by atoms with E-state index >= 15 is 0 Å². The zero-order valence-corrected chi connectivity index (χ0v) is 9.31. The van der Waals surface area contributed by atoms with Crippen molar-refractivity contribution in [2.45, 2.75) is 44.9 Å². The maximum Gasteiger partial charge on any atom is 0.140 e. The highest BCUT2D eigenvalue weighted by atomic mass is 16.5. The fourth-order valence-electron chi connectivity index (χ4n) is 2.20. The van der Waals surface area contributed by atoms with E-state index in [1.165, 1.54) is 0 Å². The quantitative estimate of drug-likeness (QED) is 0.814. The molecule has 1 heterocycles. The number of hydrogen-bond acceptors (Lipinski definition) is 3. The minimum atomic E-state index is -0.765. The molecule has 15 heavy (non-hydrogen) atoms. The predicted octanol–water partition coefficient (Wildman–Crippen LogP) is 1.29. The average Bonchev–Trinajstić information content (AvgIpc) is 2.63. The molecule has 1 aromatic heterocycles. The average molecular weight is 210 g/mol. The maximum absolute atomic E-state index is 10.3. The van der Waals surface area contributed by atoms with Crippen LogP contribution in [0.4, 0.5) is 0 Å². The van der Waals surface area contributed by atoms with Crippen LogP contribution in [0.3, 0.4) is 0 Å². The molecule has 0 unspecified atom stereocenters. The van der Waals surface area contributed by atoms with Crippen LogP contribution in [0.1, 0.15) is 32.5 Å². The fraction of sp³-hybridized carbons (Fsp3) is 0.727. The van der Waals surface area contributed by atoms with E-state index in [1.807, 2.05) is 24.6 Å². The zero-order valence-electron chi connectivity index (χ0n) is 9.31. The van der Waals surface area contributed by atoms with Crippen molar-refractivity contribution >= 4 is 0 Å². The summed E-state index contributed by atoms with van der Waals surface area (Å²) >= 11 is 0. The molecule has 0 atom stereocenters. The number of aryl methyl sites for hydroxylation is 1. The van der Waals surface area contributed by atoms with E-state index in [2.05, 4.69) is 4.98 Å². The van der Waals surface area contributed by atoms with E-state index in [1.54, 1.807) is 6.20 Å². The highest BCUT2D eigenvalue weighted by Gasteiger charge is 2.47. The van der Waals surface area contributed by atoms with Crippen molar-refractivity contribution in [1.82, 2.24) is 9.55 Å². The Labute approximate surface area is 89.9 Å². The molecule has 1 aliphatic carbocycles. The molecule has 1 N–H and O–H groups in total. The van der Waals surface area contributed by atoms with Gasteiger partial charge in [-0.1, -0.05) is 0 Å². The molecule has 0 saturated heterocycles. The first kappa shape index (κ1) is 10.6. The lowest BCUT2D eigenvalue weighted by atomic mass is 9.76. The SMILES string of the molecule is CCOC1CC(O)(c2nccn2CC)C1. The number of rotatable bonds is 4. The molecule has 0 amide bonds. The summed E-state index contributed by atoms with van der Waals surface area (Å²) in [5.74, 6) is 0.779. The van der Waals surface area contributed by atoms with Crippen LogP contribution in [-0.2, 0) is 16.9 Å². The Morgan fingerprint density at radius 3 is 2.93 bits per heavy atom. The van der Waals surface area contributed by atoms with Gasteiger partial charge < -0.3 is 14.4 Å². The van der Waals surface area contributed by atoms with Crippen molar-refractivity contribution in [3.63, 3.8) is 0 Å². The highest BCUT2D eigenvalue weighted by Crippen LogP contribution is 2.42. The molecule has 0 bridgehead atoms. The van der Waals surface area contributed by atoms with Crippen molar-refractivity contribution in [3.8, 4) is 0 Å². The van der Waals surface area contributed by atoms with Gasteiger partial charge >= 0.3 is 0 Å². The van der Waals surface area contributed by atoms with Crippen LogP contribution in [-0.4, -0.2) is 27.4 Å². The van der Waals surface area contributed by atoms with Crippen LogP contribution >= 0.6 is 0 Å². The lowest BCUT2D eigenvalue weighted by Gasteiger charge is -2.42. The molecule has 1 aromatic rings. The Balaban J connectivity index is 2.06. The van der Waals surface area contributed by atoms with Crippen LogP contribution in [0, 0.1) is 0 Å². The topological polar surface area (TPSA) is 47.3 Å². The molecule has 1 saturated carbocycles. The van der Waals surface area contributed by atoms with Crippen molar-refractivity contribution < 1.29 is 9.84 Å². The van der Waals surface area contributed by atoms with Gasteiger partial charge in [-0.2, -0.15) is 0 Å². The summed E-state index contributed by atoms with van der Waals surface area (Å²) in [5.41, 5.74) is -0.765. The first-order valence-electron chi connectivity index (χ1n) is 5.55. The lowest BCUT2D eigenvalue weighted by molar-refractivity contribution is -0.148. The molecule has 0 spiro atoms. The molecule has 2 rings (SSSR count). The van der Waals surface area contributed by atoms with Gasteiger partial charge in [-0.15, -0.1) is 0 Å². The van der Waals surface area contributed by atoms with Gasteiger partial charge in [-0.3, -0.25) is 0 Å². The Hall–Kier alpha value is -0.870. The van der Waals surface area contributed by atoms with Crippen LogP contribution in [0.2, 0.25) is 0 Å². The van der Waals surface area contributed by atoms with Crippen molar-refractivity contribution in [2.24, 2.45) is 0 Å². The summed E-state index contributed by atoms with van der Waals surface area (Å²) in [6.45, 7) is 5.58. The summed E-state index contributed by atoms with van der Waals surface area (Å²) in [5, 5.41) is 10.3. The molecule has 1 aliphatic rings. The van der Waals surface area contributed by atoms with Crippen molar-refractivity contribution in [3.05, 3.63) is 18.2 Å². The van der Waals surface area contributed by atoms with Crippen molar-refractivity contribution in [1.29, 1.82) is 0 Å². The largest absolute Gasteiger partial charge is 0.382 e. The van der Waals surface area contributed by atoms with E-state index in [9.17, 15) is 5.11 Å². The highest BCUT2D eigenvalue weighted by molar-refractivity contribution is 5.12. The monoisotopic (exact) mass is 210 g/mol. The molecule has 0 aromatic carbocycles. The van der Waals surface area contributed by atoms with Gasteiger partial charge in [-0.05, 0) is 13.8 Å². The number of hydrogen-bond donors (Lipinski definition) is 1. The summed E-state index contributed by atoms with van der Waals surface area (Å²) in [6.07, 6.45) is 5.17. The molecular formula is C11H18N2O2. The first-order valence-corrected chi connectivity index (χ1v) is 5.55. The zero-order chi connectivity index (χ0) is 10.9. The van der Waals surface area contributed by atoms with E-state index in [4.69, 9.17) is 4.74 Å². The maximum atomic E-state index is 10.3. The molecule has 4 nitrogen and oxygen atoms in total. The van der Waals surface area contributed by atoms with Crippen LogP contribution in [0.25, 0.3) is 0 Å². The van der Waals surface area contributed by atoms with Gasteiger partial charge in [0.25, 0.3) is 0 Å². The van der Waals surface area contributed by atoms with E-state index in [-0.39, 0.29) is 6.10 Å². The molecule has 4 heteroatoms. The minimum absolute atomic E-state index is 0.196. The summed E-state index contributed by atoms with van der Waals surface area (Å²) in [7, 11) is 0. The molecule has 0 radical (unpaired) electrons. The van der Waals surface area contributed by atoms with Crippen LogP contribution < -0.4 is 0 Å². The van der Waals surface area contributed by atoms with Gasteiger partial charge in [-0.25, -0.2) is 4.98 Å². The third-order valence-electron chi connectivity index (χ3n) is 3.01. The van der Waals surface area contributed by atoms with E-state index in [0.29, 0.717) is 19.4 Å². The van der Waals surface area contributed by atoms with Crippen LogP contribution in [0.5, 0.6) is 0 Å². The smallest absolute Gasteiger partial charge is 0.140 e. The third-order valence-corrected chi connectivity index (χ3v) is 3.01. The van der Waals surface area contributed by atoms with Gasteiger partial charge in [0, 0.05) is 38.4 Å². The Morgan fingerprint density at radius 1 is 1.60 bits per heavy atom. The summed E-state index contributed by atoms with van der Waals surface area (Å²) in [4.78, 5) is 4.23. The Morgan fingerprint density at radius 2 is 2.33 bits per heavy atom. The second-order valence-corrected chi connectivity index (χ2v) is 4.05. The molecule has 84 valence electrons. The number of ether oxygens (including phenoxy) is 1. The van der Waals surface area contributed by atoms with Gasteiger partial charge in [0.1, 0.15) is 11.4 Å². The molecule has 0 aliphatic heterocycles. The van der Waals surface area contributed by atoms with Crippen molar-refractivity contribution in [2.75, 3.05) is 6.61 Å². The van der Waals surface area contributed by atoms with Gasteiger partial charge in [0.05, 0.1) is 6.10 Å². The second kappa shape index (κ2) is 3.94. The standard InChI is InChI=1S/C11H18N2O2/c1-3-13-6-5-12-10(13)11(14)7-9(8-11)15-4-2/h5-6,9,14H,3-4,7-8H2,1-2H3. The van der Waals surface area contributed by atoms with E-state index < -0.39 is 5.60 Å². The first-order chi connectivity index (χ1) is 7.19. The number of aliphatic hydroxyl groups is 1. The summed E-state index contributed by atoms with van der Waals surface area (Å²) < 4.78 is 7.44. The van der Waals surface area contributed by atoms with Crippen LogP contribution in [0.15, 0.2) is 12.4 Å². The van der Waals surface area contributed by atoms with Gasteiger partial charge in [0.2, 0.25) is 0 Å². The number of imidazole rings is 1. The van der Waals surface area contributed by atoms with E-state index in [0.717, 1.165) is 12.4 Å². The Bertz CT molecular complexity index is 329. The second-order valence-electron chi connectivity index (χ2n) is 4.05. The third kappa shape index (κ3) is 1.79. The van der Waals surface area contributed by atoms with Gasteiger partial charge in [0.15, 0.2) is 0 Å². The normalized spacial score (nSPS) is 30.2.